The second-order valence-corrected chi connectivity index (χ2v) is 6.80. The number of nitrogens with zero attached hydrogens (tertiary/aromatic N) is 3. The van der Waals surface area contributed by atoms with E-state index in [9.17, 15) is 4.79 Å². The van der Waals surface area contributed by atoms with Gasteiger partial charge in [0, 0.05) is 22.7 Å². The van der Waals surface area contributed by atoms with Crippen molar-refractivity contribution in [3.63, 3.8) is 0 Å². The number of hydrogen-bond acceptors (Lipinski definition) is 4. The number of aromatic nitrogens is 3. The number of benzene rings is 3. The van der Waals surface area contributed by atoms with E-state index in [1.165, 1.54) is 4.68 Å². The third-order valence-corrected chi connectivity index (χ3v) is 4.87. The van der Waals surface area contributed by atoms with Crippen LogP contribution in [0.4, 0.5) is 0 Å². The number of nitrogens with one attached hydrogen (secondary N) is 1. The number of para-hydroxylation sites is 3. The van der Waals surface area contributed by atoms with Crippen molar-refractivity contribution in [3.8, 4) is 5.75 Å². The van der Waals surface area contributed by atoms with Gasteiger partial charge in [-0.05, 0) is 30.3 Å². The number of H-pyrrole nitrogens is 1. The summed E-state index contributed by atoms with van der Waals surface area (Å²) >= 11 is 0. The lowest BCUT2D eigenvalue weighted by molar-refractivity contribution is 0.289. The molecule has 2 aromatic heterocycles. The lowest BCUT2D eigenvalue weighted by atomic mass is 10.2. The zero-order chi connectivity index (χ0) is 20.3. The highest BCUT2D eigenvalue weighted by Gasteiger charge is 2.11. The van der Waals surface area contributed by atoms with Gasteiger partial charge >= 0.3 is 0 Å². The summed E-state index contributed by atoms with van der Waals surface area (Å²) in [4.78, 5) is 21.0. The third kappa shape index (κ3) is 3.35. The summed E-state index contributed by atoms with van der Waals surface area (Å²) < 4.78 is 7.15. The van der Waals surface area contributed by atoms with E-state index in [2.05, 4.69) is 15.1 Å². The first-order chi connectivity index (χ1) is 14.8. The van der Waals surface area contributed by atoms with Crippen LogP contribution in [0.15, 0.2) is 95.0 Å². The second-order valence-electron chi connectivity index (χ2n) is 6.80. The molecule has 0 saturated heterocycles. The molecule has 0 amide bonds. The Hall–Kier alpha value is -4.19. The van der Waals surface area contributed by atoms with Crippen molar-refractivity contribution in [1.82, 2.24) is 14.6 Å². The molecule has 6 nitrogen and oxygen atoms in total. The Balaban J connectivity index is 1.58. The number of aromatic amines is 1. The second kappa shape index (κ2) is 7.67. The zero-order valence-corrected chi connectivity index (χ0v) is 16.0. The van der Waals surface area contributed by atoms with Gasteiger partial charge in [0.2, 0.25) is 0 Å². The van der Waals surface area contributed by atoms with Crippen LogP contribution < -0.4 is 10.3 Å². The molecule has 5 rings (SSSR count). The molecule has 1 N–H and O–H groups in total. The molecule has 3 aromatic carbocycles. The van der Waals surface area contributed by atoms with Crippen molar-refractivity contribution in [2.45, 2.75) is 6.61 Å². The summed E-state index contributed by atoms with van der Waals surface area (Å²) in [7, 11) is 0. The standard InChI is InChI=1S/C24H18N4O2/c29-24-20-11-5-7-13-22(20)27-23(16-30-18-8-2-1-3-9-18)28(24)26-15-17-14-25-21-12-6-4-10-19(17)21/h1-15,25H,16H2. The van der Waals surface area contributed by atoms with E-state index >= 15 is 0 Å². The van der Waals surface area contributed by atoms with Gasteiger partial charge in [0.15, 0.2) is 5.82 Å². The Morgan fingerprint density at radius 3 is 2.53 bits per heavy atom. The minimum Gasteiger partial charge on any atom is -0.486 e. The van der Waals surface area contributed by atoms with Crippen LogP contribution in [0.25, 0.3) is 21.8 Å². The maximum Gasteiger partial charge on any atom is 0.282 e. The Morgan fingerprint density at radius 1 is 0.933 bits per heavy atom. The first-order valence-corrected chi connectivity index (χ1v) is 9.58. The van der Waals surface area contributed by atoms with Gasteiger partial charge in [-0.2, -0.15) is 9.78 Å². The number of ether oxygens (including phenoxy) is 1. The fourth-order valence-electron chi connectivity index (χ4n) is 3.37. The number of fused-ring (bicyclic) bond motifs is 2. The summed E-state index contributed by atoms with van der Waals surface area (Å²) in [5, 5.41) is 6.02. The molecular formula is C24H18N4O2. The van der Waals surface area contributed by atoms with E-state index in [0.29, 0.717) is 22.5 Å². The van der Waals surface area contributed by atoms with Crippen LogP contribution in [0.3, 0.4) is 0 Å². The van der Waals surface area contributed by atoms with Crippen LogP contribution in [-0.4, -0.2) is 20.9 Å². The minimum absolute atomic E-state index is 0.120. The summed E-state index contributed by atoms with van der Waals surface area (Å²) in [6.45, 7) is 0.120. The average molecular weight is 394 g/mol. The van der Waals surface area contributed by atoms with Crippen LogP contribution >= 0.6 is 0 Å². The molecule has 146 valence electrons. The molecule has 0 saturated carbocycles. The van der Waals surface area contributed by atoms with E-state index < -0.39 is 0 Å². The van der Waals surface area contributed by atoms with E-state index in [1.54, 1.807) is 12.3 Å². The van der Waals surface area contributed by atoms with Crippen LogP contribution in [0.5, 0.6) is 5.75 Å². The smallest absolute Gasteiger partial charge is 0.282 e. The van der Waals surface area contributed by atoms with Crippen LogP contribution in [0, 0.1) is 0 Å². The first-order valence-electron chi connectivity index (χ1n) is 9.58. The highest BCUT2D eigenvalue weighted by atomic mass is 16.5. The maximum absolute atomic E-state index is 13.1. The topological polar surface area (TPSA) is 72.3 Å². The SMILES string of the molecule is O=c1c2ccccc2nc(COc2ccccc2)n1N=Cc1c[nH]c2ccccc12. The summed E-state index contributed by atoms with van der Waals surface area (Å²) in [5.74, 6) is 1.13. The lowest BCUT2D eigenvalue weighted by Gasteiger charge is -2.10. The van der Waals surface area contributed by atoms with Gasteiger partial charge < -0.3 is 9.72 Å². The zero-order valence-electron chi connectivity index (χ0n) is 16.0. The van der Waals surface area contributed by atoms with Crippen LogP contribution in [-0.2, 0) is 6.61 Å². The van der Waals surface area contributed by atoms with Crippen molar-refractivity contribution in [3.05, 3.63) is 107 Å². The van der Waals surface area contributed by atoms with E-state index in [0.717, 1.165) is 16.5 Å². The minimum atomic E-state index is -0.233. The Labute approximate surface area is 172 Å². The molecule has 6 heteroatoms. The molecule has 0 spiro atoms. The van der Waals surface area contributed by atoms with Gasteiger partial charge in [0.25, 0.3) is 5.56 Å². The summed E-state index contributed by atoms with van der Waals surface area (Å²) in [6.07, 6.45) is 3.54. The van der Waals surface area contributed by atoms with E-state index in [4.69, 9.17) is 4.74 Å². The molecule has 0 unspecified atom stereocenters. The fraction of sp³-hybridized carbons (Fsp3) is 0.0417. The lowest BCUT2D eigenvalue weighted by Crippen LogP contribution is -2.23. The predicted octanol–water partition coefficient (Wildman–Crippen LogP) is 4.34. The van der Waals surface area contributed by atoms with Crippen molar-refractivity contribution in [2.75, 3.05) is 0 Å². The normalized spacial score (nSPS) is 11.5. The average Bonchev–Trinajstić information content (AvgIpc) is 3.21. The van der Waals surface area contributed by atoms with Crippen molar-refractivity contribution < 1.29 is 4.74 Å². The molecule has 0 aliphatic rings. The molecule has 2 heterocycles. The van der Waals surface area contributed by atoms with Gasteiger partial charge in [-0.15, -0.1) is 0 Å². The van der Waals surface area contributed by atoms with E-state index in [-0.39, 0.29) is 12.2 Å². The maximum atomic E-state index is 13.1. The van der Waals surface area contributed by atoms with Crippen LogP contribution in [0.2, 0.25) is 0 Å². The molecule has 0 atom stereocenters. The molecule has 0 radical (unpaired) electrons. The van der Waals surface area contributed by atoms with Crippen LogP contribution in [0.1, 0.15) is 11.4 Å². The Bertz CT molecular complexity index is 1420. The molecule has 0 aliphatic heterocycles. The highest BCUT2D eigenvalue weighted by molar-refractivity contribution is 5.98. The summed E-state index contributed by atoms with van der Waals surface area (Å²) in [6, 6.07) is 24.6. The van der Waals surface area contributed by atoms with Gasteiger partial charge in [0.1, 0.15) is 12.4 Å². The predicted molar refractivity (Wildman–Crippen MR) is 118 cm³/mol. The van der Waals surface area contributed by atoms with Gasteiger partial charge in [-0.25, -0.2) is 4.98 Å². The van der Waals surface area contributed by atoms with Gasteiger partial charge in [-0.3, -0.25) is 4.79 Å². The number of hydrogen-bond donors (Lipinski definition) is 1. The molecule has 0 bridgehead atoms. The van der Waals surface area contributed by atoms with Crippen molar-refractivity contribution >= 4 is 28.0 Å². The molecular weight excluding hydrogens is 376 g/mol. The van der Waals surface area contributed by atoms with E-state index in [1.807, 2.05) is 79.0 Å². The third-order valence-electron chi connectivity index (χ3n) is 4.87. The molecule has 30 heavy (non-hydrogen) atoms. The summed E-state index contributed by atoms with van der Waals surface area (Å²) in [5.41, 5.74) is 2.28. The Morgan fingerprint density at radius 2 is 1.67 bits per heavy atom. The molecule has 0 aliphatic carbocycles. The Kier molecular flexibility index (Phi) is 4.57. The van der Waals surface area contributed by atoms with Gasteiger partial charge in [-0.1, -0.05) is 48.5 Å². The van der Waals surface area contributed by atoms with Gasteiger partial charge in [0.05, 0.1) is 17.1 Å². The fourth-order valence-corrected chi connectivity index (χ4v) is 3.37. The number of rotatable bonds is 5. The first kappa shape index (κ1) is 17.9. The monoisotopic (exact) mass is 394 g/mol. The van der Waals surface area contributed by atoms with Crippen molar-refractivity contribution in [1.29, 1.82) is 0 Å². The molecule has 0 fully saturated rings. The highest BCUT2D eigenvalue weighted by Crippen LogP contribution is 2.16. The largest absolute Gasteiger partial charge is 0.486 e. The molecule has 5 aromatic rings. The van der Waals surface area contributed by atoms with Crippen molar-refractivity contribution in [2.24, 2.45) is 5.10 Å². The quantitative estimate of drug-likeness (QED) is 0.451.